The van der Waals surface area contributed by atoms with E-state index in [0.717, 1.165) is 12.1 Å². The summed E-state index contributed by atoms with van der Waals surface area (Å²) in [5, 5.41) is 5.24. The zero-order valence-corrected chi connectivity index (χ0v) is 13.6. The van der Waals surface area contributed by atoms with Gasteiger partial charge in [-0.05, 0) is 32.9 Å². The lowest BCUT2D eigenvalue weighted by Crippen LogP contribution is -2.35. The van der Waals surface area contributed by atoms with Crippen molar-refractivity contribution in [3.63, 3.8) is 0 Å². The van der Waals surface area contributed by atoms with Gasteiger partial charge >= 0.3 is 12.3 Å². The second kappa shape index (κ2) is 8.07. The SMILES string of the molecule is CC(C)(C)OC(=O)NCCNc1ccc(F)cc1OCC(F)(F)F. The van der Waals surface area contributed by atoms with E-state index in [2.05, 4.69) is 15.4 Å². The summed E-state index contributed by atoms with van der Waals surface area (Å²) in [6.45, 7) is 3.97. The highest BCUT2D eigenvalue weighted by atomic mass is 19.4. The summed E-state index contributed by atoms with van der Waals surface area (Å²) >= 11 is 0. The maximum Gasteiger partial charge on any atom is 0.422 e. The smallest absolute Gasteiger partial charge is 0.422 e. The van der Waals surface area contributed by atoms with Gasteiger partial charge in [0, 0.05) is 19.2 Å². The van der Waals surface area contributed by atoms with Crippen LogP contribution in [0.2, 0.25) is 0 Å². The number of carbonyl (C=O) groups excluding carboxylic acids is 1. The van der Waals surface area contributed by atoms with Crippen molar-refractivity contribution >= 4 is 11.8 Å². The van der Waals surface area contributed by atoms with E-state index >= 15 is 0 Å². The Morgan fingerprint density at radius 3 is 2.42 bits per heavy atom. The molecule has 0 saturated carbocycles. The minimum absolute atomic E-state index is 0.158. The van der Waals surface area contributed by atoms with Gasteiger partial charge in [0.2, 0.25) is 0 Å². The molecule has 0 aromatic heterocycles. The molecule has 0 radical (unpaired) electrons. The number of anilines is 1. The van der Waals surface area contributed by atoms with Crippen LogP contribution in [0.5, 0.6) is 5.75 Å². The van der Waals surface area contributed by atoms with Gasteiger partial charge in [0.25, 0.3) is 0 Å². The monoisotopic (exact) mass is 352 g/mol. The Balaban J connectivity index is 2.51. The lowest BCUT2D eigenvalue weighted by atomic mass is 10.2. The first kappa shape index (κ1) is 19.9. The summed E-state index contributed by atoms with van der Waals surface area (Å²) in [5.41, 5.74) is -0.445. The topological polar surface area (TPSA) is 59.6 Å². The molecule has 136 valence electrons. The van der Waals surface area contributed by atoms with Crippen molar-refractivity contribution < 1.29 is 31.8 Å². The molecule has 0 atom stereocenters. The predicted octanol–water partition coefficient (Wildman–Crippen LogP) is 3.70. The Kier molecular flexibility index (Phi) is 6.68. The molecule has 0 fully saturated rings. The second-order valence-electron chi connectivity index (χ2n) is 5.90. The van der Waals surface area contributed by atoms with Crippen LogP contribution in [0.3, 0.4) is 0 Å². The molecule has 0 aliphatic carbocycles. The number of amides is 1. The number of rotatable bonds is 6. The number of ether oxygens (including phenoxy) is 2. The van der Waals surface area contributed by atoms with Crippen molar-refractivity contribution in [2.45, 2.75) is 32.5 Å². The number of alkyl halides is 3. The third-order valence-electron chi connectivity index (χ3n) is 2.44. The molecule has 0 aliphatic heterocycles. The van der Waals surface area contributed by atoms with Gasteiger partial charge in [-0.15, -0.1) is 0 Å². The lowest BCUT2D eigenvalue weighted by Gasteiger charge is -2.20. The fourth-order valence-corrected chi connectivity index (χ4v) is 1.60. The minimum Gasteiger partial charge on any atom is -0.482 e. The summed E-state index contributed by atoms with van der Waals surface area (Å²) < 4.78 is 59.4. The molecule has 5 nitrogen and oxygen atoms in total. The highest BCUT2D eigenvalue weighted by molar-refractivity contribution is 5.67. The molecule has 1 aromatic carbocycles. The first-order valence-electron chi connectivity index (χ1n) is 7.16. The molecular weight excluding hydrogens is 332 g/mol. The van der Waals surface area contributed by atoms with Crippen molar-refractivity contribution in [2.24, 2.45) is 0 Å². The molecular formula is C15H20F4N2O3. The number of hydrogen-bond acceptors (Lipinski definition) is 4. The van der Waals surface area contributed by atoms with Crippen LogP contribution in [0.1, 0.15) is 20.8 Å². The van der Waals surface area contributed by atoms with Crippen molar-refractivity contribution in [1.82, 2.24) is 5.32 Å². The fraction of sp³-hybridized carbons (Fsp3) is 0.533. The van der Waals surface area contributed by atoms with Gasteiger partial charge in [0.1, 0.15) is 17.2 Å². The second-order valence-corrected chi connectivity index (χ2v) is 5.90. The van der Waals surface area contributed by atoms with Gasteiger partial charge in [-0.1, -0.05) is 0 Å². The van der Waals surface area contributed by atoms with Gasteiger partial charge in [-0.3, -0.25) is 0 Å². The Bertz CT molecular complexity index is 557. The van der Waals surface area contributed by atoms with Crippen molar-refractivity contribution in [2.75, 3.05) is 25.0 Å². The predicted molar refractivity (Wildman–Crippen MR) is 80.7 cm³/mol. The Hall–Kier alpha value is -2.19. The van der Waals surface area contributed by atoms with Crippen LogP contribution in [0.4, 0.5) is 28.0 Å². The van der Waals surface area contributed by atoms with Crippen LogP contribution in [0.15, 0.2) is 18.2 Å². The molecule has 9 heteroatoms. The van der Waals surface area contributed by atoms with Crippen molar-refractivity contribution in [1.29, 1.82) is 0 Å². The molecule has 0 aliphatic rings. The average Bonchev–Trinajstić information content (AvgIpc) is 2.40. The standard InChI is InChI=1S/C15H20F4N2O3/c1-14(2,3)24-13(22)21-7-6-20-11-5-4-10(16)8-12(11)23-9-15(17,18)19/h4-5,8,20H,6-7,9H2,1-3H3,(H,21,22). The van der Waals surface area contributed by atoms with E-state index < -0.39 is 30.3 Å². The summed E-state index contributed by atoms with van der Waals surface area (Å²) in [6.07, 6.45) is -5.14. The Morgan fingerprint density at radius 1 is 1.17 bits per heavy atom. The third kappa shape index (κ3) is 8.44. The van der Waals surface area contributed by atoms with E-state index in [1.165, 1.54) is 6.07 Å². The van der Waals surface area contributed by atoms with E-state index in [9.17, 15) is 22.4 Å². The maximum atomic E-state index is 13.2. The Labute approximate surface area is 137 Å². The van der Waals surface area contributed by atoms with Crippen LogP contribution in [-0.2, 0) is 4.74 Å². The molecule has 1 amide bonds. The molecule has 24 heavy (non-hydrogen) atoms. The van der Waals surface area contributed by atoms with Gasteiger partial charge in [-0.2, -0.15) is 13.2 Å². The third-order valence-corrected chi connectivity index (χ3v) is 2.44. The van der Waals surface area contributed by atoms with Crippen LogP contribution >= 0.6 is 0 Å². The number of hydrogen-bond donors (Lipinski definition) is 2. The number of alkyl carbamates (subject to hydrolysis) is 1. The number of carbonyl (C=O) groups is 1. The minimum atomic E-state index is -4.53. The van der Waals surface area contributed by atoms with Gasteiger partial charge < -0.3 is 20.1 Å². The van der Waals surface area contributed by atoms with E-state index in [4.69, 9.17) is 4.74 Å². The van der Waals surface area contributed by atoms with E-state index in [1.807, 2.05) is 0 Å². The van der Waals surface area contributed by atoms with E-state index in [-0.39, 0.29) is 24.5 Å². The number of benzene rings is 1. The van der Waals surface area contributed by atoms with Gasteiger partial charge in [-0.25, -0.2) is 9.18 Å². The maximum absolute atomic E-state index is 13.2. The summed E-state index contributed by atoms with van der Waals surface area (Å²) in [7, 11) is 0. The molecule has 0 bridgehead atoms. The van der Waals surface area contributed by atoms with E-state index in [1.54, 1.807) is 20.8 Å². The highest BCUT2D eigenvalue weighted by Crippen LogP contribution is 2.27. The highest BCUT2D eigenvalue weighted by Gasteiger charge is 2.29. The lowest BCUT2D eigenvalue weighted by molar-refractivity contribution is -0.153. The number of nitrogens with one attached hydrogen (secondary N) is 2. The summed E-state index contributed by atoms with van der Waals surface area (Å²) in [4.78, 5) is 11.4. The molecule has 0 heterocycles. The zero-order valence-electron chi connectivity index (χ0n) is 13.6. The molecule has 1 rings (SSSR count). The molecule has 0 unspecified atom stereocenters. The van der Waals surface area contributed by atoms with Gasteiger partial charge in [0.15, 0.2) is 6.61 Å². The van der Waals surface area contributed by atoms with E-state index in [0.29, 0.717) is 0 Å². The normalized spacial score (nSPS) is 11.8. The van der Waals surface area contributed by atoms with Crippen LogP contribution in [-0.4, -0.2) is 37.6 Å². The van der Waals surface area contributed by atoms with Crippen LogP contribution in [0.25, 0.3) is 0 Å². The average molecular weight is 352 g/mol. The first-order valence-corrected chi connectivity index (χ1v) is 7.16. The quantitative estimate of drug-likeness (QED) is 0.605. The Morgan fingerprint density at radius 2 is 1.83 bits per heavy atom. The van der Waals surface area contributed by atoms with Crippen LogP contribution in [0, 0.1) is 5.82 Å². The summed E-state index contributed by atoms with van der Waals surface area (Å²) in [6, 6.07) is 3.20. The van der Waals surface area contributed by atoms with Crippen molar-refractivity contribution in [3.05, 3.63) is 24.0 Å². The molecule has 1 aromatic rings. The summed E-state index contributed by atoms with van der Waals surface area (Å²) in [5.74, 6) is -0.978. The first-order chi connectivity index (χ1) is 11.0. The zero-order chi connectivity index (χ0) is 18.4. The molecule has 0 spiro atoms. The van der Waals surface area contributed by atoms with Crippen molar-refractivity contribution in [3.8, 4) is 5.75 Å². The fourth-order valence-electron chi connectivity index (χ4n) is 1.60. The molecule has 0 saturated heterocycles. The van der Waals surface area contributed by atoms with Gasteiger partial charge in [0.05, 0.1) is 5.69 Å². The largest absolute Gasteiger partial charge is 0.482 e. The molecule has 2 N–H and O–H groups in total. The van der Waals surface area contributed by atoms with Crippen LogP contribution < -0.4 is 15.4 Å². The number of halogens is 4.